The minimum absolute atomic E-state index is 0.0503. The molecule has 1 fully saturated rings. The highest BCUT2D eigenvalue weighted by molar-refractivity contribution is 5.80. The van der Waals surface area contributed by atoms with E-state index in [9.17, 15) is 0 Å². The van der Waals surface area contributed by atoms with E-state index < -0.39 is 0 Å². The Morgan fingerprint density at radius 1 is 0.829 bits per heavy atom. The third-order valence-electron chi connectivity index (χ3n) is 7.42. The van der Waals surface area contributed by atoms with Gasteiger partial charge in [-0.3, -0.25) is 4.98 Å². The van der Waals surface area contributed by atoms with E-state index in [1.165, 1.54) is 5.57 Å². The van der Waals surface area contributed by atoms with Crippen LogP contribution in [0.5, 0.6) is 0 Å². The first kappa shape index (κ1) is 19.1. The molecule has 1 saturated heterocycles. The van der Waals surface area contributed by atoms with Gasteiger partial charge in [-0.15, -0.1) is 0 Å². The van der Waals surface area contributed by atoms with Gasteiger partial charge < -0.3 is 13.6 Å². The summed E-state index contributed by atoms with van der Waals surface area (Å²) in [5.41, 5.74) is 6.82. The fourth-order valence-electron chi connectivity index (χ4n) is 5.68. The first-order chi connectivity index (χ1) is 17.3. The fraction of sp³-hybridized carbons (Fsp3) is 0.133. The summed E-state index contributed by atoms with van der Waals surface area (Å²) in [5.74, 6) is 0.508. The van der Waals surface area contributed by atoms with Gasteiger partial charge in [-0.05, 0) is 47.6 Å². The molecule has 5 heterocycles. The molecule has 35 heavy (non-hydrogen) atoms. The van der Waals surface area contributed by atoms with Crippen LogP contribution in [0.4, 0.5) is 0 Å². The zero-order valence-electron chi connectivity index (χ0n) is 18.8. The highest BCUT2D eigenvalue weighted by atomic mass is 16.5. The summed E-state index contributed by atoms with van der Waals surface area (Å²) in [6, 6.07) is 18.4. The maximum absolute atomic E-state index is 6.45. The third kappa shape index (κ3) is 2.92. The first-order valence-electron chi connectivity index (χ1n) is 12.0. The molecule has 168 valence electrons. The van der Waals surface area contributed by atoms with Gasteiger partial charge in [-0.2, -0.15) is 0 Å². The van der Waals surface area contributed by atoms with Crippen molar-refractivity contribution in [2.75, 3.05) is 0 Å². The topological polar surface area (TPSA) is 52.6 Å². The number of benzene rings is 1. The molecule has 0 amide bonds. The molecular formula is C30H21N3O2. The van der Waals surface area contributed by atoms with E-state index in [-0.39, 0.29) is 24.0 Å². The summed E-state index contributed by atoms with van der Waals surface area (Å²) in [6.07, 6.45) is 17.3. The first-order valence-corrected chi connectivity index (χ1v) is 12.0. The summed E-state index contributed by atoms with van der Waals surface area (Å²) in [4.78, 5) is 9.42. The van der Waals surface area contributed by atoms with Crippen molar-refractivity contribution in [3.63, 3.8) is 0 Å². The van der Waals surface area contributed by atoms with Gasteiger partial charge in [0.05, 0.1) is 17.9 Å². The number of para-hydroxylation sites is 1. The lowest BCUT2D eigenvalue weighted by molar-refractivity contribution is 0.0980. The smallest absolute Gasteiger partial charge is 0.137 e. The molecule has 0 saturated carbocycles. The van der Waals surface area contributed by atoms with Gasteiger partial charge in [-0.1, -0.05) is 48.6 Å². The van der Waals surface area contributed by atoms with Crippen LogP contribution in [0.1, 0.15) is 5.56 Å². The predicted molar refractivity (Wildman–Crippen MR) is 136 cm³/mol. The van der Waals surface area contributed by atoms with Gasteiger partial charge in [0.15, 0.2) is 0 Å². The lowest BCUT2D eigenvalue weighted by Crippen LogP contribution is -2.33. The number of rotatable bonds is 2. The molecule has 8 rings (SSSR count). The second-order valence-electron chi connectivity index (χ2n) is 9.43. The number of furan rings is 1. The van der Waals surface area contributed by atoms with Gasteiger partial charge >= 0.3 is 0 Å². The maximum atomic E-state index is 6.45. The zero-order chi connectivity index (χ0) is 22.9. The van der Waals surface area contributed by atoms with Crippen molar-refractivity contribution < 1.29 is 9.15 Å². The fourth-order valence-corrected chi connectivity index (χ4v) is 5.68. The zero-order valence-corrected chi connectivity index (χ0v) is 18.8. The van der Waals surface area contributed by atoms with E-state index in [1.54, 1.807) is 0 Å². The molecule has 1 aliphatic heterocycles. The largest absolute Gasteiger partial charge is 0.456 e. The van der Waals surface area contributed by atoms with Crippen LogP contribution in [-0.2, 0) is 4.74 Å². The van der Waals surface area contributed by atoms with Gasteiger partial charge in [0, 0.05) is 41.0 Å². The van der Waals surface area contributed by atoms with Gasteiger partial charge in [0.25, 0.3) is 0 Å². The van der Waals surface area contributed by atoms with E-state index in [2.05, 4.69) is 53.6 Å². The van der Waals surface area contributed by atoms with E-state index in [0.717, 1.165) is 44.2 Å². The number of hydrogen-bond donors (Lipinski definition) is 0. The predicted octanol–water partition coefficient (Wildman–Crippen LogP) is 4.37. The molecule has 0 N–H and O–H groups in total. The molecule has 5 nitrogen and oxygen atoms in total. The van der Waals surface area contributed by atoms with Crippen molar-refractivity contribution in [3.05, 3.63) is 108 Å². The molecule has 0 spiro atoms. The number of ether oxygens (including phenoxy) is 1. The Kier molecular flexibility index (Phi) is 3.90. The van der Waals surface area contributed by atoms with E-state index in [4.69, 9.17) is 14.1 Å². The summed E-state index contributed by atoms with van der Waals surface area (Å²) in [5, 5.41) is 2.31. The van der Waals surface area contributed by atoms with E-state index >= 15 is 0 Å². The number of nitrogens with zero attached hydrogens (tertiary/aromatic N) is 3. The Labute approximate surface area is 201 Å². The van der Waals surface area contributed by atoms with Crippen molar-refractivity contribution in [2.45, 2.75) is 12.2 Å². The number of allylic oxidation sites excluding steroid dienone is 2. The van der Waals surface area contributed by atoms with E-state index in [0.29, 0.717) is 0 Å². The van der Waals surface area contributed by atoms with Crippen LogP contribution in [0, 0.1) is 11.8 Å². The molecule has 5 heteroatoms. The number of fused-ring (bicyclic) bond motifs is 7. The summed E-state index contributed by atoms with van der Waals surface area (Å²) >= 11 is 0. The monoisotopic (exact) mass is 455 g/mol. The van der Waals surface area contributed by atoms with Crippen molar-refractivity contribution in [1.82, 2.24) is 14.4 Å². The Hall–Kier alpha value is -4.22. The molecule has 0 bridgehead atoms. The Morgan fingerprint density at radius 3 is 2.66 bits per heavy atom. The number of hydrogen-bond acceptors (Lipinski definition) is 4. The quantitative estimate of drug-likeness (QED) is 0.397. The van der Waals surface area contributed by atoms with Crippen molar-refractivity contribution in [3.8, 4) is 11.4 Å². The highest BCUT2D eigenvalue weighted by Crippen LogP contribution is 2.41. The van der Waals surface area contributed by atoms with Crippen LogP contribution in [0.2, 0.25) is 0 Å². The van der Waals surface area contributed by atoms with Gasteiger partial charge in [-0.25, -0.2) is 4.98 Å². The average molecular weight is 456 g/mol. The minimum atomic E-state index is 0.0503. The van der Waals surface area contributed by atoms with Crippen LogP contribution in [-0.4, -0.2) is 26.6 Å². The number of imidazole rings is 1. The molecule has 4 aromatic heterocycles. The lowest BCUT2D eigenvalue weighted by atomic mass is 9.80. The summed E-state index contributed by atoms with van der Waals surface area (Å²) < 4.78 is 14.6. The standard InChI is InChI=1S/C30H21N3O2/c1-2-6-26-20(5-1)22-14-29-23(15-28(22)34-26)21-13-18(9-11-27(21)35-29)19-8-10-24(31-16-19)25-17-33-12-4-3-7-30(33)32-25/h1-17,21,23,27,29H. The molecule has 0 radical (unpaired) electrons. The SMILES string of the molecule is C1=CC2OC3C=c4c(oc5ccccc45)=CC3C2C=C1c1ccc(-c2cn3ccccc3n2)nc1. The highest BCUT2D eigenvalue weighted by Gasteiger charge is 2.42. The molecular weight excluding hydrogens is 434 g/mol. The van der Waals surface area contributed by atoms with Crippen LogP contribution in [0.25, 0.3) is 45.7 Å². The molecule has 5 aromatic rings. The Morgan fingerprint density at radius 2 is 1.74 bits per heavy atom. The van der Waals surface area contributed by atoms with Gasteiger partial charge in [0.1, 0.15) is 22.3 Å². The van der Waals surface area contributed by atoms with Gasteiger partial charge in [0.2, 0.25) is 0 Å². The molecule has 1 aromatic carbocycles. The van der Waals surface area contributed by atoms with Crippen LogP contribution in [0.15, 0.2) is 95.8 Å². The summed E-state index contributed by atoms with van der Waals surface area (Å²) in [6.45, 7) is 0. The molecule has 2 aliphatic carbocycles. The minimum Gasteiger partial charge on any atom is -0.456 e. The second-order valence-corrected chi connectivity index (χ2v) is 9.43. The van der Waals surface area contributed by atoms with Crippen molar-refractivity contribution in [2.24, 2.45) is 11.8 Å². The Bertz CT molecular complexity index is 1770. The van der Waals surface area contributed by atoms with Crippen molar-refractivity contribution in [1.29, 1.82) is 0 Å². The second kappa shape index (κ2) is 7.14. The Balaban J connectivity index is 1.13. The molecule has 4 unspecified atom stereocenters. The van der Waals surface area contributed by atoms with Crippen LogP contribution < -0.4 is 10.6 Å². The van der Waals surface area contributed by atoms with E-state index in [1.807, 2.05) is 59.4 Å². The van der Waals surface area contributed by atoms with Crippen molar-refractivity contribution >= 4 is 34.3 Å². The lowest BCUT2D eigenvalue weighted by Gasteiger charge is -2.21. The normalized spacial score (nSPS) is 24.4. The molecule has 3 aliphatic rings. The summed E-state index contributed by atoms with van der Waals surface area (Å²) in [7, 11) is 0. The van der Waals surface area contributed by atoms with Crippen LogP contribution in [0.3, 0.4) is 0 Å². The molecule has 4 atom stereocenters. The number of pyridine rings is 2. The third-order valence-corrected chi connectivity index (χ3v) is 7.42. The average Bonchev–Trinajstić information content (AvgIpc) is 3.60. The number of aromatic nitrogens is 3. The maximum Gasteiger partial charge on any atom is 0.137 e. The van der Waals surface area contributed by atoms with Crippen LogP contribution >= 0.6 is 0 Å².